The highest BCUT2D eigenvalue weighted by atomic mass is 32.2. The van der Waals surface area contributed by atoms with Crippen LogP contribution < -0.4 is 0 Å². The van der Waals surface area contributed by atoms with Crippen molar-refractivity contribution in [3.8, 4) is 0 Å². The van der Waals surface area contributed by atoms with Crippen molar-refractivity contribution in [3.63, 3.8) is 0 Å². The van der Waals surface area contributed by atoms with E-state index in [1.54, 1.807) is 18.2 Å². The van der Waals surface area contributed by atoms with Crippen molar-refractivity contribution in [1.29, 1.82) is 0 Å². The highest BCUT2D eigenvalue weighted by molar-refractivity contribution is 7.85. The molecule has 1 N–H and O–H groups in total. The van der Waals surface area contributed by atoms with Gasteiger partial charge in [-0.3, -0.25) is 4.55 Å². The first-order chi connectivity index (χ1) is 7.48. The Morgan fingerprint density at radius 3 is 2.81 bits per heavy atom. The average molecular weight is 256 g/mol. The largest absolute Gasteiger partial charge is 0.285 e. The summed E-state index contributed by atoms with van der Waals surface area (Å²) in [5, 5.41) is 0.916. The molecule has 2 aromatic rings. The fraction of sp³-hybridized carbons (Fsp3) is 0.200. The normalized spacial score (nSPS) is 12.1. The van der Waals surface area contributed by atoms with E-state index in [0.717, 1.165) is 15.2 Å². The smallest absolute Gasteiger partial charge is 0.269 e. The predicted octanol–water partition coefficient (Wildman–Crippen LogP) is 2.06. The van der Waals surface area contributed by atoms with Gasteiger partial charge in [0.2, 0.25) is 0 Å². The van der Waals surface area contributed by atoms with E-state index < -0.39 is 10.1 Å². The molecule has 0 aliphatic rings. The minimum absolute atomic E-state index is 0.361. The zero-order valence-electron chi connectivity index (χ0n) is 8.38. The van der Waals surface area contributed by atoms with Crippen molar-refractivity contribution >= 4 is 31.7 Å². The monoisotopic (exact) mass is 256 g/mol. The first kappa shape index (κ1) is 11.5. The number of nitrogens with zero attached hydrogens (tertiary/aromatic N) is 1. The third-order valence-corrected chi connectivity index (χ3v) is 3.84. The molecule has 0 amide bonds. The molecule has 0 bridgehead atoms. The van der Waals surface area contributed by atoms with Gasteiger partial charge in [0, 0.05) is 0 Å². The summed E-state index contributed by atoms with van der Waals surface area (Å²) in [5.41, 5.74) is 1.40. The Bertz CT molecular complexity index is 616. The van der Waals surface area contributed by atoms with Crippen LogP contribution in [0.5, 0.6) is 0 Å². The zero-order valence-corrected chi connectivity index (χ0v) is 10.0. The Morgan fingerprint density at radius 2 is 2.19 bits per heavy atom. The molecule has 4 nitrogen and oxygen atoms in total. The maximum Gasteiger partial charge on any atom is 0.269 e. The molecule has 0 spiro atoms. The SMILES string of the molecule is [CH2]Cc1nc2ccc(CS(=O)(=O)O)cc2s1. The summed E-state index contributed by atoms with van der Waals surface area (Å²) < 4.78 is 31.1. The predicted molar refractivity (Wildman–Crippen MR) is 63.9 cm³/mol. The van der Waals surface area contributed by atoms with Crippen LogP contribution in [0.1, 0.15) is 10.6 Å². The molecule has 1 aromatic carbocycles. The van der Waals surface area contributed by atoms with Crippen LogP contribution in [-0.4, -0.2) is 18.0 Å². The third-order valence-electron chi connectivity index (χ3n) is 2.06. The minimum Gasteiger partial charge on any atom is -0.285 e. The van der Waals surface area contributed by atoms with Crippen LogP contribution >= 0.6 is 11.3 Å². The lowest BCUT2D eigenvalue weighted by molar-refractivity contribution is 0.482. The van der Waals surface area contributed by atoms with Crippen LogP contribution in [0.25, 0.3) is 10.2 Å². The van der Waals surface area contributed by atoms with Crippen molar-refractivity contribution in [2.75, 3.05) is 0 Å². The van der Waals surface area contributed by atoms with Crippen molar-refractivity contribution in [3.05, 3.63) is 35.7 Å². The first-order valence-corrected chi connectivity index (χ1v) is 7.03. The van der Waals surface area contributed by atoms with Gasteiger partial charge in [0.15, 0.2) is 0 Å². The molecule has 0 saturated carbocycles. The van der Waals surface area contributed by atoms with Crippen LogP contribution in [0.15, 0.2) is 18.2 Å². The van der Waals surface area contributed by atoms with Crippen molar-refractivity contribution < 1.29 is 13.0 Å². The minimum atomic E-state index is -3.97. The summed E-state index contributed by atoms with van der Waals surface area (Å²) in [6.45, 7) is 3.75. The lowest BCUT2D eigenvalue weighted by atomic mass is 10.2. The van der Waals surface area contributed by atoms with E-state index in [4.69, 9.17) is 4.55 Å². The van der Waals surface area contributed by atoms with E-state index in [-0.39, 0.29) is 5.75 Å². The molecule has 1 aromatic heterocycles. The van der Waals surface area contributed by atoms with Crippen molar-refractivity contribution in [2.24, 2.45) is 0 Å². The topological polar surface area (TPSA) is 67.3 Å². The molecule has 0 fully saturated rings. The van der Waals surface area contributed by atoms with Gasteiger partial charge in [-0.2, -0.15) is 8.42 Å². The fourth-order valence-corrected chi connectivity index (χ4v) is 2.95. The third kappa shape index (κ3) is 2.58. The summed E-state index contributed by atoms with van der Waals surface area (Å²) in [6.07, 6.45) is 0.618. The number of hydrogen-bond acceptors (Lipinski definition) is 4. The molecule has 1 heterocycles. The van der Waals surface area contributed by atoms with E-state index >= 15 is 0 Å². The Balaban J connectivity index is 2.43. The lowest BCUT2D eigenvalue weighted by Crippen LogP contribution is -2.00. The van der Waals surface area contributed by atoms with Gasteiger partial charge in [-0.15, -0.1) is 11.3 Å². The molecule has 2 rings (SSSR count). The second-order valence-electron chi connectivity index (χ2n) is 3.39. The van der Waals surface area contributed by atoms with E-state index in [1.165, 1.54) is 11.3 Å². The van der Waals surface area contributed by atoms with Crippen molar-refractivity contribution in [2.45, 2.75) is 12.2 Å². The maximum absolute atomic E-state index is 10.7. The van der Waals surface area contributed by atoms with Gasteiger partial charge in [0.25, 0.3) is 10.1 Å². The van der Waals surface area contributed by atoms with Gasteiger partial charge in [-0.25, -0.2) is 4.98 Å². The molecule has 0 unspecified atom stereocenters. The summed E-state index contributed by atoms with van der Waals surface area (Å²) in [7, 11) is -3.97. The number of hydrogen-bond donors (Lipinski definition) is 1. The molecule has 16 heavy (non-hydrogen) atoms. The van der Waals surface area contributed by atoms with Gasteiger partial charge < -0.3 is 0 Å². The highest BCUT2D eigenvalue weighted by Gasteiger charge is 2.09. The maximum atomic E-state index is 10.7. The second-order valence-corrected chi connectivity index (χ2v) is 5.95. The lowest BCUT2D eigenvalue weighted by Gasteiger charge is -1.97. The molecule has 6 heteroatoms. The van der Waals surface area contributed by atoms with Gasteiger partial charge in [0.1, 0.15) is 5.75 Å². The van der Waals surface area contributed by atoms with Crippen LogP contribution in [0.4, 0.5) is 0 Å². The zero-order chi connectivity index (χ0) is 11.8. The van der Waals surface area contributed by atoms with Gasteiger partial charge in [-0.1, -0.05) is 6.07 Å². The van der Waals surface area contributed by atoms with Gasteiger partial charge >= 0.3 is 0 Å². The number of aromatic nitrogens is 1. The molecular formula is C10H10NO3S2. The average Bonchev–Trinajstić information content (AvgIpc) is 2.57. The van der Waals surface area contributed by atoms with Crippen LogP contribution in [-0.2, 0) is 22.3 Å². The molecule has 0 aliphatic heterocycles. The van der Waals surface area contributed by atoms with Crippen LogP contribution in [0.2, 0.25) is 0 Å². The molecular weight excluding hydrogens is 246 g/mol. The quantitative estimate of drug-likeness (QED) is 0.854. The van der Waals surface area contributed by atoms with Gasteiger partial charge in [0.05, 0.1) is 15.2 Å². The van der Waals surface area contributed by atoms with Crippen molar-refractivity contribution in [1.82, 2.24) is 4.98 Å². The molecule has 1 radical (unpaired) electrons. The first-order valence-electron chi connectivity index (χ1n) is 4.61. The number of benzene rings is 1. The summed E-state index contributed by atoms with van der Waals surface area (Å²) in [6, 6.07) is 5.15. The Hall–Kier alpha value is -0.980. The van der Waals surface area contributed by atoms with Crippen LogP contribution in [0.3, 0.4) is 0 Å². The molecule has 0 atom stereocenters. The number of rotatable bonds is 3. The number of fused-ring (bicyclic) bond motifs is 1. The Morgan fingerprint density at radius 1 is 1.44 bits per heavy atom. The van der Waals surface area contributed by atoms with E-state index in [1.807, 2.05) is 0 Å². The second kappa shape index (κ2) is 4.12. The number of thiazole rings is 1. The molecule has 0 saturated heterocycles. The Labute approximate surface area is 97.7 Å². The molecule has 0 aliphatic carbocycles. The van der Waals surface area contributed by atoms with Crippen LogP contribution in [0, 0.1) is 6.92 Å². The van der Waals surface area contributed by atoms with E-state index in [2.05, 4.69) is 11.9 Å². The fourth-order valence-electron chi connectivity index (χ4n) is 1.42. The highest BCUT2D eigenvalue weighted by Crippen LogP contribution is 2.24. The molecule has 85 valence electrons. The van der Waals surface area contributed by atoms with E-state index in [9.17, 15) is 8.42 Å². The van der Waals surface area contributed by atoms with Gasteiger partial charge in [-0.05, 0) is 31.0 Å². The van der Waals surface area contributed by atoms with E-state index in [0.29, 0.717) is 12.0 Å². The summed E-state index contributed by atoms with van der Waals surface area (Å²) in [5.74, 6) is -0.361. The summed E-state index contributed by atoms with van der Waals surface area (Å²) >= 11 is 1.49. The summed E-state index contributed by atoms with van der Waals surface area (Å²) in [4.78, 5) is 4.31. The Kier molecular flexibility index (Phi) is 2.96. The standard InChI is InChI=1S/C10H10NO3S2/c1-2-10-11-8-4-3-7(5-9(8)15-10)6-16(12,13)14/h3-5H,1-2,6H2,(H,12,13,14).